The van der Waals surface area contributed by atoms with Gasteiger partial charge in [-0.15, -0.1) is 0 Å². The summed E-state index contributed by atoms with van der Waals surface area (Å²) in [6.45, 7) is 7.19. The second-order valence-corrected chi connectivity index (χ2v) is 8.29. The number of fused-ring (bicyclic) bond motifs is 2. The number of amides is 1. The summed E-state index contributed by atoms with van der Waals surface area (Å²) in [6, 6.07) is 10.9. The smallest absolute Gasteiger partial charge is 0.230 e. The highest BCUT2D eigenvalue weighted by atomic mass is 16.2. The summed E-state index contributed by atoms with van der Waals surface area (Å²) in [4.78, 5) is 25.4. The van der Waals surface area contributed by atoms with Gasteiger partial charge in [0.05, 0.1) is 5.92 Å². The second-order valence-electron chi connectivity index (χ2n) is 8.29. The van der Waals surface area contributed by atoms with Crippen LogP contribution in [0.25, 0.3) is 16.5 Å². The maximum atomic E-state index is 13.3. The summed E-state index contributed by atoms with van der Waals surface area (Å²) in [5.41, 5.74) is 6.37. The predicted molar refractivity (Wildman–Crippen MR) is 120 cm³/mol. The molecule has 0 radical (unpaired) electrons. The van der Waals surface area contributed by atoms with Gasteiger partial charge in [0.25, 0.3) is 0 Å². The van der Waals surface area contributed by atoms with Crippen molar-refractivity contribution in [2.45, 2.75) is 32.9 Å². The number of nitrogens with one attached hydrogen (secondary N) is 1. The molecule has 30 heavy (non-hydrogen) atoms. The topological polar surface area (TPSA) is 52.2 Å². The first-order valence-electron chi connectivity index (χ1n) is 10.9. The number of carbonyl (C=O) groups excluding carboxylic acids is 1. The number of aromatic nitrogens is 2. The minimum atomic E-state index is -0.117. The molecule has 1 aliphatic heterocycles. The Hall–Kier alpha value is -2.92. The van der Waals surface area contributed by atoms with Crippen LogP contribution >= 0.6 is 0 Å². The number of rotatable bonds is 5. The van der Waals surface area contributed by atoms with Gasteiger partial charge in [-0.05, 0) is 60.7 Å². The van der Waals surface area contributed by atoms with E-state index in [0.29, 0.717) is 0 Å². The Morgan fingerprint density at radius 1 is 1.20 bits per heavy atom. The number of pyridine rings is 1. The van der Waals surface area contributed by atoms with Crippen molar-refractivity contribution >= 4 is 22.4 Å². The average molecular weight is 401 g/mol. The minimum absolute atomic E-state index is 0.117. The van der Waals surface area contributed by atoms with Crippen LogP contribution in [0.3, 0.4) is 0 Å². The molecule has 1 N–H and O–H groups in total. The fourth-order valence-corrected chi connectivity index (χ4v) is 5.15. The van der Waals surface area contributed by atoms with E-state index < -0.39 is 0 Å². The van der Waals surface area contributed by atoms with Crippen LogP contribution in [0.15, 0.2) is 55.0 Å². The largest absolute Gasteiger partial charge is 0.361 e. The molecule has 2 aliphatic rings. The van der Waals surface area contributed by atoms with Crippen LogP contribution in [-0.2, 0) is 17.8 Å². The Morgan fingerprint density at radius 3 is 2.77 bits per heavy atom. The predicted octanol–water partition coefficient (Wildman–Crippen LogP) is 3.87. The minimum Gasteiger partial charge on any atom is -0.361 e. The maximum absolute atomic E-state index is 13.3. The third kappa shape index (κ3) is 3.14. The molecule has 0 unspecified atom stereocenters. The van der Waals surface area contributed by atoms with E-state index >= 15 is 0 Å². The van der Waals surface area contributed by atoms with E-state index in [9.17, 15) is 4.79 Å². The molecule has 0 bridgehead atoms. The Bertz CT molecular complexity index is 1100. The van der Waals surface area contributed by atoms with Crippen LogP contribution in [0.5, 0.6) is 0 Å². The number of benzene rings is 1. The molecule has 2 aromatic heterocycles. The molecule has 1 aromatic carbocycles. The molecule has 2 atom stereocenters. The number of carbonyl (C=O) groups is 1. The standard InChI is InChI=1S/C25H28N4O/c1-3-28(4-2)25(30)19-12-21-20-6-5-7-22-24(20)18(14-27-22)13-23(21)29(16-19)15-17-8-10-26-11-9-17/h5-12,14,19,23,27H,3-4,13,15-16H2,1-2H3/t19-,23-/m1/s1. The molecule has 5 rings (SSSR count). The van der Waals surface area contributed by atoms with Crippen molar-refractivity contribution in [3.8, 4) is 0 Å². The van der Waals surface area contributed by atoms with Gasteiger partial charge >= 0.3 is 0 Å². The fourth-order valence-electron chi connectivity index (χ4n) is 5.15. The lowest BCUT2D eigenvalue weighted by molar-refractivity contribution is -0.134. The summed E-state index contributed by atoms with van der Waals surface area (Å²) in [5.74, 6) is 0.117. The molecule has 0 saturated carbocycles. The van der Waals surface area contributed by atoms with Gasteiger partial charge in [-0.25, -0.2) is 0 Å². The van der Waals surface area contributed by atoms with Crippen LogP contribution in [0.2, 0.25) is 0 Å². The summed E-state index contributed by atoms with van der Waals surface area (Å²) in [7, 11) is 0. The van der Waals surface area contributed by atoms with Crippen molar-refractivity contribution in [1.82, 2.24) is 19.8 Å². The quantitative estimate of drug-likeness (QED) is 0.707. The van der Waals surface area contributed by atoms with E-state index in [1.807, 2.05) is 17.3 Å². The fraction of sp³-hybridized carbons (Fsp3) is 0.360. The van der Waals surface area contributed by atoms with Crippen molar-refractivity contribution in [3.63, 3.8) is 0 Å². The van der Waals surface area contributed by atoms with Crippen LogP contribution in [0, 0.1) is 5.92 Å². The maximum Gasteiger partial charge on any atom is 0.230 e. The van der Waals surface area contributed by atoms with Gasteiger partial charge in [-0.1, -0.05) is 18.2 Å². The van der Waals surface area contributed by atoms with Crippen molar-refractivity contribution < 1.29 is 4.79 Å². The van der Waals surface area contributed by atoms with Crippen LogP contribution < -0.4 is 0 Å². The highest BCUT2D eigenvalue weighted by Crippen LogP contribution is 2.41. The molecule has 5 nitrogen and oxygen atoms in total. The van der Waals surface area contributed by atoms with Gasteiger partial charge in [0.2, 0.25) is 5.91 Å². The Balaban J connectivity index is 1.58. The zero-order chi connectivity index (χ0) is 20.7. The molecule has 3 heterocycles. The number of aromatic amines is 1. The van der Waals surface area contributed by atoms with E-state index in [-0.39, 0.29) is 17.9 Å². The first-order chi connectivity index (χ1) is 14.7. The SMILES string of the molecule is CCN(CC)C(=O)[C@@H]1C=C2c3cccc4[nH]cc(c34)C[C@H]2N(Cc2ccncc2)C1. The Kier molecular flexibility index (Phi) is 4.91. The molecule has 1 aliphatic carbocycles. The number of hydrogen-bond acceptors (Lipinski definition) is 3. The Labute approximate surface area is 177 Å². The normalized spacial score (nSPS) is 20.7. The van der Waals surface area contributed by atoms with E-state index in [4.69, 9.17) is 0 Å². The first kappa shape index (κ1) is 19.1. The average Bonchev–Trinajstić information content (AvgIpc) is 3.20. The van der Waals surface area contributed by atoms with Gasteiger partial charge in [-0.3, -0.25) is 14.7 Å². The highest BCUT2D eigenvalue weighted by molar-refractivity contribution is 5.99. The molecule has 5 heteroatoms. The lowest BCUT2D eigenvalue weighted by Crippen LogP contribution is -2.48. The monoisotopic (exact) mass is 400 g/mol. The van der Waals surface area contributed by atoms with E-state index in [1.165, 1.54) is 33.2 Å². The van der Waals surface area contributed by atoms with Gasteiger partial charge in [-0.2, -0.15) is 0 Å². The molecule has 0 fully saturated rings. The molecule has 3 aromatic rings. The molecule has 154 valence electrons. The Morgan fingerprint density at radius 2 is 2.00 bits per heavy atom. The highest BCUT2D eigenvalue weighted by Gasteiger charge is 2.38. The summed E-state index contributed by atoms with van der Waals surface area (Å²) in [5, 5.41) is 1.32. The summed E-state index contributed by atoms with van der Waals surface area (Å²) in [6.07, 6.45) is 9.09. The zero-order valence-corrected chi connectivity index (χ0v) is 17.6. The molecule has 1 amide bonds. The van der Waals surface area contributed by atoms with Gasteiger partial charge in [0, 0.05) is 61.7 Å². The van der Waals surface area contributed by atoms with Crippen LogP contribution in [0.4, 0.5) is 0 Å². The third-order valence-corrected chi connectivity index (χ3v) is 6.65. The molecular weight excluding hydrogens is 372 g/mol. The van der Waals surface area contributed by atoms with Gasteiger partial charge < -0.3 is 9.88 Å². The zero-order valence-electron chi connectivity index (χ0n) is 17.6. The van der Waals surface area contributed by atoms with E-state index in [0.717, 1.165) is 32.6 Å². The van der Waals surface area contributed by atoms with Crippen molar-refractivity contribution in [3.05, 3.63) is 71.7 Å². The number of H-pyrrole nitrogens is 1. The van der Waals surface area contributed by atoms with Crippen molar-refractivity contribution in [2.75, 3.05) is 19.6 Å². The number of nitrogens with zero attached hydrogens (tertiary/aromatic N) is 3. The third-order valence-electron chi connectivity index (χ3n) is 6.65. The number of hydrogen-bond donors (Lipinski definition) is 1. The second kappa shape index (κ2) is 7.73. The van der Waals surface area contributed by atoms with E-state index in [2.05, 4.69) is 71.3 Å². The van der Waals surface area contributed by atoms with E-state index in [1.54, 1.807) is 0 Å². The lowest BCUT2D eigenvalue weighted by atomic mass is 9.79. The summed E-state index contributed by atoms with van der Waals surface area (Å²) < 4.78 is 0. The molecule has 0 spiro atoms. The van der Waals surface area contributed by atoms with Crippen molar-refractivity contribution in [2.24, 2.45) is 5.92 Å². The summed E-state index contributed by atoms with van der Waals surface area (Å²) >= 11 is 0. The van der Waals surface area contributed by atoms with Gasteiger partial charge in [0.1, 0.15) is 0 Å². The van der Waals surface area contributed by atoms with Crippen LogP contribution in [0.1, 0.15) is 30.5 Å². The van der Waals surface area contributed by atoms with Gasteiger partial charge in [0.15, 0.2) is 0 Å². The molecular formula is C25H28N4O. The lowest BCUT2D eigenvalue weighted by Gasteiger charge is -2.42. The molecule has 0 saturated heterocycles. The first-order valence-corrected chi connectivity index (χ1v) is 10.9. The van der Waals surface area contributed by atoms with Crippen molar-refractivity contribution in [1.29, 1.82) is 0 Å². The van der Waals surface area contributed by atoms with Crippen LogP contribution in [-0.4, -0.2) is 51.4 Å².